The maximum absolute atomic E-state index is 15.5. The highest BCUT2D eigenvalue weighted by Gasteiger charge is 2.39. The predicted molar refractivity (Wildman–Crippen MR) is 445 cm³/mol. The van der Waals surface area contributed by atoms with Crippen LogP contribution in [0.4, 0.5) is 0 Å². The summed E-state index contributed by atoms with van der Waals surface area (Å²) in [7, 11) is 0. The van der Waals surface area contributed by atoms with E-state index in [1.54, 1.807) is 60.9 Å². The molecule has 3 heterocycles. The predicted octanol–water partition coefficient (Wildman–Crippen LogP) is -8.29. The highest BCUT2D eigenvalue weighted by atomic mass is 32.2. The van der Waals surface area contributed by atoms with Gasteiger partial charge < -0.3 is 139 Å². The summed E-state index contributed by atoms with van der Waals surface area (Å²) in [4.78, 5) is 254. The van der Waals surface area contributed by atoms with Crippen LogP contribution in [0.1, 0.15) is 101 Å². The van der Waals surface area contributed by atoms with Crippen molar-refractivity contribution in [2.24, 2.45) is 40.1 Å². The van der Waals surface area contributed by atoms with Crippen LogP contribution in [-0.4, -0.2) is 263 Å². The molecule has 0 radical (unpaired) electrons. The van der Waals surface area contributed by atoms with Crippen molar-refractivity contribution in [2.45, 2.75) is 182 Å². The third kappa shape index (κ3) is 33.2. The number of aromatic nitrogens is 2. The van der Waals surface area contributed by atoms with E-state index in [0.29, 0.717) is 52.3 Å². The summed E-state index contributed by atoms with van der Waals surface area (Å²) < 4.78 is 5.27. The molecule has 32 N–H and O–H groups in total. The van der Waals surface area contributed by atoms with Crippen LogP contribution in [0.2, 0.25) is 0 Å². The Kier molecular flexibility index (Phi) is 40.6. The van der Waals surface area contributed by atoms with Crippen molar-refractivity contribution in [2.75, 3.05) is 57.4 Å². The smallest absolute Gasteiger partial charge is 0.246 e. The summed E-state index contributed by atoms with van der Waals surface area (Å²) in [6.45, 7) is 0.301. The molecular weight excluding hydrogens is 1630 g/mol. The van der Waals surface area contributed by atoms with Crippen LogP contribution in [0.3, 0.4) is 0 Å². The monoisotopic (exact) mass is 1740 g/mol. The highest BCUT2D eigenvalue weighted by Crippen LogP contribution is 2.23. The lowest BCUT2D eigenvalue weighted by Crippen LogP contribution is -2.62. The summed E-state index contributed by atoms with van der Waals surface area (Å²) in [5.41, 5.74) is 41.7. The molecule has 44 nitrogen and oxygen atoms in total. The standard InChI is InChI=1S/C78H111N23O21S/c1-40(102)66-78(121)98-57(32-44-36-88-49-13-6-4-11-47(44)49)75(118)94-52(20-22-61(82)105)70(113)100-60(39-123-29-24-54(90-41(2)103)71(114)93-53(72(115)101-66)21-23-62(83)106)77(120)95-55(30-42-16-18-45(104)19-17-42)73(116)96-56(31-43-35-87-48-12-5-3-10-46(43)48)74(117)92-51(15-9-26-80)69(112)99-59(34-81)76(119)97-58(33-63(84)107)68(111)89-37-64(108)86-27-28-122-38-65(109)91-50(67(85)110)14-7-8-25-79/h3-6,10-13,16-19,35-36,40,50-60,66,87-88,102,104H,7-9,14-15,20-34,37-39,79-81H2,1-2H3,(H2,82,105)(H2,83,106)(H2,84,107)(H2,85,110)(H,86,108)(H,89,111)(H,90,103)(H,91,109)(H,92,117)(H,93,114)(H,94,118)(H,95,120)(H,96,116)(H,97,119)(H,98,121)(H,99,112)(H,100,113)(H,101,115)/t40-,50-,51+,52+,53+,54+,55+,56+,57+,58+,59+,60+,66+/m1/s1. The number of hydrogen-bond acceptors (Lipinski definition) is 25. The van der Waals surface area contributed by atoms with Gasteiger partial charge in [0.25, 0.3) is 0 Å². The molecule has 0 spiro atoms. The van der Waals surface area contributed by atoms with Crippen molar-refractivity contribution in [3.05, 3.63) is 102 Å². The van der Waals surface area contributed by atoms with Gasteiger partial charge in [0.15, 0.2) is 0 Å². The lowest BCUT2D eigenvalue weighted by Gasteiger charge is -2.29. The minimum absolute atomic E-state index is 0.0428. The molecule has 18 amide bonds. The molecule has 1 aliphatic heterocycles. The fourth-order valence-electron chi connectivity index (χ4n) is 12.9. The maximum atomic E-state index is 15.5. The Balaban J connectivity index is 1.30. The topological polar surface area (TPSA) is 739 Å². The van der Waals surface area contributed by atoms with Gasteiger partial charge in [0.05, 0.1) is 25.7 Å². The Morgan fingerprint density at radius 3 is 1.67 bits per heavy atom. The van der Waals surface area contributed by atoms with Gasteiger partial charge in [0.2, 0.25) is 106 Å². The van der Waals surface area contributed by atoms with Gasteiger partial charge in [-0.2, -0.15) is 11.8 Å². The van der Waals surface area contributed by atoms with Crippen LogP contribution < -0.4 is 115 Å². The number of phenols is 1. The molecule has 0 bridgehead atoms. The first-order chi connectivity index (χ1) is 58.6. The number of hydrogen-bond donors (Lipinski definition) is 25. The number of amides is 18. The molecule has 3 aromatic carbocycles. The van der Waals surface area contributed by atoms with E-state index in [0.717, 1.165) is 25.6 Å². The second kappa shape index (κ2) is 50.4. The first-order valence-electron chi connectivity index (χ1n) is 39.7. The van der Waals surface area contributed by atoms with E-state index in [1.165, 1.54) is 24.3 Å². The van der Waals surface area contributed by atoms with Gasteiger partial charge in [0, 0.05) is 92.1 Å². The average Bonchev–Trinajstić information content (AvgIpc) is 1.71. The number of phenolic OH excluding ortho intramolecular Hbond substituents is 1. The van der Waals surface area contributed by atoms with Gasteiger partial charge in [-0.05, 0) is 118 Å². The fraction of sp³-hybridized carbons (Fsp3) is 0.487. The van der Waals surface area contributed by atoms with Gasteiger partial charge in [-0.15, -0.1) is 0 Å². The van der Waals surface area contributed by atoms with Gasteiger partial charge >= 0.3 is 0 Å². The Labute approximate surface area is 710 Å². The van der Waals surface area contributed by atoms with Crippen molar-refractivity contribution in [1.29, 1.82) is 0 Å². The normalized spacial score (nSPS) is 18.5. The summed E-state index contributed by atoms with van der Waals surface area (Å²) in [6.07, 6.45) is -1.74. The largest absolute Gasteiger partial charge is 0.508 e. The van der Waals surface area contributed by atoms with E-state index < -0.39 is 249 Å². The van der Waals surface area contributed by atoms with Crippen LogP contribution in [-0.2, 0) is 110 Å². The molecule has 1 saturated heterocycles. The van der Waals surface area contributed by atoms with E-state index in [4.69, 9.17) is 44.9 Å². The number of aliphatic hydroxyl groups is 1. The van der Waals surface area contributed by atoms with Crippen LogP contribution in [0.25, 0.3) is 21.8 Å². The number of rotatable bonds is 44. The number of para-hydroxylation sites is 2. The van der Waals surface area contributed by atoms with E-state index in [-0.39, 0.29) is 75.3 Å². The molecule has 2 aromatic heterocycles. The van der Waals surface area contributed by atoms with Crippen LogP contribution >= 0.6 is 11.8 Å². The van der Waals surface area contributed by atoms with Crippen LogP contribution in [0, 0.1) is 0 Å². The number of aliphatic hydroxyl groups excluding tert-OH is 1. The second-order valence-electron chi connectivity index (χ2n) is 29.2. The van der Waals surface area contributed by atoms with Crippen molar-refractivity contribution in [3.63, 3.8) is 0 Å². The van der Waals surface area contributed by atoms with E-state index >= 15 is 19.2 Å². The number of unbranched alkanes of at least 4 members (excludes halogenated alkanes) is 1. The second-order valence-corrected chi connectivity index (χ2v) is 30.3. The zero-order valence-corrected chi connectivity index (χ0v) is 68.8. The van der Waals surface area contributed by atoms with Crippen molar-refractivity contribution in [1.82, 2.24) is 84.4 Å². The number of nitrogens with two attached hydrogens (primary N) is 7. The number of aromatic hydroxyl groups is 1. The van der Waals surface area contributed by atoms with Crippen molar-refractivity contribution in [3.8, 4) is 5.75 Å². The van der Waals surface area contributed by atoms with Gasteiger partial charge in [0.1, 0.15) is 84.9 Å². The molecule has 5 aromatic rings. The van der Waals surface area contributed by atoms with Gasteiger partial charge in [-0.1, -0.05) is 48.5 Å². The Bertz CT molecular complexity index is 4550. The van der Waals surface area contributed by atoms with Crippen LogP contribution in [0.5, 0.6) is 5.75 Å². The Hall–Kier alpha value is -12.9. The lowest BCUT2D eigenvalue weighted by atomic mass is 10.0. The quantitative estimate of drug-likeness (QED) is 0.0161. The number of H-pyrrole nitrogens is 2. The zero-order chi connectivity index (χ0) is 90.4. The number of carbonyl (C=O) groups is 18. The SMILES string of the molecule is CC(=O)N[C@H]1CCSC[C@@H](C(=O)N[C@@H](Cc2ccc(O)cc2)C(=O)N[C@@H](Cc2c[nH]c3ccccc23)C(=O)N[C@@H](CCCN)C(=O)N[C@@H](CN)C(=O)N[C@@H](CC(N)=O)C(=O)NCC(=O)NCCOCC(=O)N[C@H](CCCCN)C(N)=O)NC(=O)[C@H](CCC(N)=O)NC(=O)[C@H](Cc2c[nH]c3ccccc23)NC(=O)[C@H]([C@@H](C)O)NC(=O)[C@H](CCC(N)=O)NC1=O. The Morgan fingerprint density at radius 2 is 1.08 bits per heavy atom. The molecule has 0 aliphatic carbocycles. The van der Waals surface area contributed by atoms with E-state index in [9.17, 15) is 77.3 Å². The van der Waals surface area contributed by atoms with Crippen molar-refractivity contribution >= 4 is 140 Å². The molecule has 0 unspecified atom stereocenters. The molecule has 1 aliphatic rings. The number of benzene rings is 3. The first-order valence-corrected chi connectivity index (χ1v) is 40.8. The molecule has 6 rings (SSSR count). The maximum Gasteiger partial charge on any atom is 0.246 e. The Morgan fingerprint density at radius 1 is 0.545 bits per heavy atom. The van der Waals surface area contributed by atoms with Gasteiger partial charge in [-0.3, -0.25) is 86.3 Å². The minimum atomic E-state index is -1.89. The molecule has 0 saturated carbocycles. The summed E-state index contributed by atoms with van der Waals surface area (Å²) in [5, 5.41) is 57.5. The number of thioether (sulfide) groups is 1. The molecular formula is C78H111N23O21S. The number of ether oxygens (including phenoxy) is 1. The third-order valence-electron chi connectivity index (χ3n) is 19.4. The average molecular weight is 1740 g/mol. The molecule has 1 fully saturated rings. The third-order valence-corrected chi connectivity index (χ3v) is 20.5. The number of primary amides is 4. The lowest BCUT2D eigenvalue weighted by molar-refractivity contribution is -0.137. The molecule has 13 atom stereocenters. The number of aromatic amines is 2. The molecule has 670 valence electrons. The number of nitrogens with one attached hydrogen (secondary N) is 16. The van der Waals surface area contributed by atoms with E-state index in [1.807, 2.05) is 0 Å². The highest BCUT2D eigenvalue weighted by molar-refractivity contribution is 7.99. The van der Waals surface area contributed by atoms with E-state index in [2.05, 4.69) is 84.4 Å². The minimum Gasteiger partial charge on any atom is -0.508 e. The summed E-state index contributed by atoms with van der Waals surface area (Å²) in [5.74, 6) is -18.7. The summed E-state index contributed by atoms with van der Waals surface area (Å²) >= 11 is 0.904. The molecule has 45 heteroatoms. The molecule has 123 heavy (non-hydrogen) atoms. The van der Waals surface area contributed by atoms with Gasteiger partial charge in [-0.25, -0.2) is 0 Å². The fourth-order valence-corrected chi connectivity index (χ4v) is 13.9. The van der Waals surface area contributed by atoms with Crippen LogP contribution in [0.15, 0.2) is 85.2 Å². The summed E-state index contributed by atoms with van der Waals surface area (Å²) in [6, 6.07) is -0.697. The number of fused-ring (bicyclic) bond motifs is 2. The number of carbonyl (C=O) groups excluding carboxylic acids is 18. The zero-order valence-electron chi connectivity index (χ0n) is 68.0. The first kappa shape index (κ1) is 99.0. The van der Waals surface area contributed by atoms with Crippen molar-refractivity contribution < 1.29 is 101 Å².